The van der Waals surface area contributed by atoms with E-state index in [9.17, 15) is 14.7 Å². The van der Waals surface area contributed by atoms with Crippen LogP contribution in [-0.4, -0.2) is 40.3 Å². The van der Waals surface area contributed by atoms with E-state index in [4.69, 9.17) is 4.74 Å². The molecule has 29 heavy (non-hydrogen) atoms. The summed E-state index contributed by atoms with van der Waals surface area (Å²) in [6.07, 6.45) is 3.06. The number of hydrogen-bond donors (Lipinski definition) is 1. The minimum Gasteiger partial charge on any atom is -0.480 e. The highest BCUT2D eigenvalue weighted by molar-refractivity contribution is 5.81. The minimum absolute atomic E-state index is 0.0373. The monoisotopic (exact) mass is 393 g/mol. The van der Waals surface area contributed by atoms with Crippen molar-refractivity contribution in [1.82, 2.24) is 4.90 Å². The van der Waals surface area contributed by atoms with E-state index in [0.29, 0.717) is 0 Å². The summed E-state index contributed by atoms with van der Waals surface area (Å²) in [4.78, 5) is 26.2. The van der Waals surface area contributed by atoms with E-state index in [1.54, 1.807) is 6.92 Å². The van der Waals surface area contributed by atoms with Crippen molar-refractivity contribution in [1.29, 1.82) is 0 Å². The Labute approximate surface area is 171 Å². The molecule has 0 heterocycles. The van der Waals surface area contributed by atoms with Gasteiger partial charge in [-0.05, 0) is 48.9 Å². The van der Waals surface area contributed by atoms with Gasteiger partial charge in [0.25, 0.3) is 0 Å². The average molecular weight is 393 g/mol. The molecule has 1 atom stereocenters. The molecule has 1 N–H and O–H groups in total. The highest BCUT2D eigenvalue weighted by Gasteiger charge is 2.44. The van der Waals surface area contributed by atoms with E-state index in [0.717, 1.165) is 36.8 Å². The van der Waals surface area contributed by atoms with Gasteiger partial charge < -0.3 is 9.84 Å². The lowest BCUT2D eigenvalue weighted by atomic mass is 9.96. The Morgan fingerprint density at radius 1 is 1.07 bits per heavy atom. The first-order valence-electron chi connectivity index (χ1n) is 10.3. The number of carbonyl (C=O) groups is 2. The van der Waals surface area contributed by atoms with E-state index >= 15 is 0 Å². The second-order valence-electron chi connectivity index (χ2n) is 8.39. The van der Waals surface area contributed by atoms with Crippen LogP contribution in [0.5, 0.6) is 0 Å². The Morgan fingerprint density at radius 2 is 1.59 bits per heavy atom. The van der Waals surface area contributed by atoms with Gasteiger partial charge >= 0.3 is 12.1 Å². The van der Waals surface area contributed by atoms with E-state index in [1.807, 2.05) is 31.2 Å². The SMILES string of the molecule is CC(C(=O)O)N(C(=O)OCC1c2ccccc2-c2ccccc21)C1(C)CCCC1. The second-order valence-corrected chi connectivity index (χ2v) is 8.39. The largest absolute Gasteiger partial charge is 0.480 e. The molecule has 0 radical (unpaired) electrons. The molecule has 2 aromatic rings. The maximum absolute atomic E-state index is 13.1. The standard InChI is InChI=1S/C24H27NO4/c1-16(22(26)27)25(24(2)13-7-8-14-24)23(28)29-15-21-19-11-5-3-9-17(19)18-10-4-6-12-20(18)21/h3-6,9-12,16,21H,7-8,13-15H2,1-2H3,(H,26,27). The van der Waals surface area contributed by atoms with Crippen LogP contribution in [0.15, 0.2) is 48.5 Å². The summed E-state index contributed by atoms with van der Waals surface area (Å²) >= 11 is 0. The quantitative estimate of drug-likeness (QED) is 0.772. The maximum atomic E-state index is 13.1. The first kappa shape index (κ1) is 19.5. The van der Waals surface area contributed by atoms with Gasteiger partial charge in [0.2, 0.25) is 0 Å². The molecule has 2 aromatic carbocycles. The Morgan fingerprint density at radius 3 is 2.10 bits per heavy atom. The summed E-state index contributed by atoms with van der Waals surface area (Å²) in [6, 6.07) is 15.4. The number of carbonyl (C=O) groups excluding carboxylic acids is 1. The number of aliphatic carboxylic acids is 1. The normalized spacial score (nSPS) is 18.0. The van der Waals surface area contributed by atoms with Gasteiger partial charge in [-0.25, -0.2) is 9.59 Å². The number of carboxylic acid groups (broad SMARTS) is 1. The zero-order valence-electron chi connectivity index (χ0n) is 16.9. The number of carboxylic acids is 1. The smallest absolute Gasteiger partial charge is 0.410 e. The van der Waals surface area contributed by atoms with Crippen molar-refractivity contribution in [2.75, 3.05) is 6.61 Å². The van der Waals surface area contributed by atoms with Gasteiger partial charge in [-0.1, -0.05) is 61.4 Å². The Balaban J connectivity index is 1.57. The first-order chi connectivity index (χ1) is 13.9. The number of rotatable bonds is 5. The van der Waals surface area contributed by atoms with Crippen molar-refractivity contribution in [3.63, 3.8) is 0 Å². The van der Waals surface area contributed by atoms with Gasteiger partial charge in [-0.3, -0.25) is 4.90 Å². The van der Waals surface area contributed by atoms with Gasteiger partial charge in [-0.15, -0.1) is 0 Å². The molecule has 0 bridgehead atoms. The maximum Gasteiger partial charge on any atom is 0.410 e. The summed E-state index contributed by atoms with van der Waals surface area (Å²) < 4.78 is 5.77. The van der Waals surface area contributed by atoms with Crippen LogP contribution < -0.4 is 0 Å². The van der Waals surface area contributed by atoms with Gasteiger partial charge in [0, 0.05) is 11.5 Å². The lowest BCUT2D eigenvalue weighted by Crippen LogP contribution is -2.55. The highest BCUT2D eigenvalue weighted by Crippen LogP contribution is 2.45. The number of benzene rings is 2. The Kier molecular flexibility index (Phi) is 5.07. The zero-order chi connectivity index (χ0) is 20.6. The Hall–Kier alpha value is -2.82. The van der Waals surface area contributed by atoms with Crippen LogP contribution in [0.1, 0.15) is 56.6 Å². The van der Waals surface area contributed by atoms with E-state index in [1.165, 1.54) is 16.0 Å². The molecule has 1 unspecified atom stereocenters. The molecule has 0 aliphatic heterocycles. The molecule has 0 spiro atoms. The fourth-order valence-electron chi connectivity index (χ4n) is 5.00. The lowest BCUT2D eigenvalue weighted by molar-refractivity contribution is -0.144. The van der Waals surface area contributed by atoms with E-state index < -0.39 is 23.6 Å². The van der Waals surface area contributed by atoms with Crippen LogP contribution in [0.2, 0.25) is 0 Å². The van der Waals surface area contributed by atoms with Crippen LogP contribution in [0.25, 0.3) is 11.1 Å². The zero-order valence-corrected chi connectivity index (χ0v) is 16.9. The van der Waals surface area contributed by atoms with Crippen LogP contribution in [0.4, 0.5) is 4.79 Å². The predicted molar refractivity (Wildman–Crippen MR) is 111 cm³/mol. The topological polar surface area (TPSA) is 66.8 Å². The number of nitrogens with zero attached hydrogens (tertiary/aromatic N) is 1. The molecule has 2 aliphatic rings. The van der Waals surface area contributed by atoms with Crippen molar-refractivity contribution in [2.24, 2.45) is 0 Å². The van der Waals surface area contributed by atoms with Crippen LogP contribution in [0.3, 0.4) is 0 Å². The fourth-order valence-corrected chi connectivity index (χ4v) is 5.00. The van der Waals surface area contributed by atoms with Crippen LogP contribution >= 0.6 is 0 Å². The molecule has 1 amide bonds. The molecular formula is C24H27NO4. The number of ether oxygens (including phenoxy) is 1. The molecule has 1 saturated carbocycles. The number of amides is 1. The van der Waals surface area contributed by atoms with Crippen molar-refractivity contribution < 1.29 is 19.4 Å². The van der Waals surface area contributed by atoms with Crippen LogP contribution in [-0.2, 0) is 9.53 Å². The minimum atomic E-state index is -1.01. The lowest BCUT2D eigenvalue weighted by Gasteiger charge is -2.40. The number of fused-ring (bicyclic) bond motifs is 3. The third kappa shape index (κ3) is 3.39. The third-order valence-electron chi connectivity index (χ3n) is 6.54. The van der Waals surface area contributed by atoms with Gasteiger partial charge in [0.1, 0.15) is 12.6 Å². The van der Waals surface area contributed by atoms with E-state index in [-0.39, 0.29) is 12.5 Å². The van der Waals surface area contributed by atoms with Crippen molar-refractivity contribution in [3.05, 3.63) is 59.7 Å². The molecule has 152 valence electrons. The highest BCUT2D eigenvalue weighted by atomic mass is 16.6. The van der Waals surface area contributed by atoms with Gasteiger partial charge in [0.15, 0.2) is 0 Å². The van der Waals surface area contributed by atoms with Crippen LogP contribution in [0, 0.1) is 0 Å². The summed E-state index contributed by atoms with van der Waals surface area (Å²) in [7, 11) is 0. The summed E-state index contributed by atoms with van der Waals surface area (Å²) in [5, 5.41) is 9.57. The summed E-state index contributed by atoms with van der Waals surface area (Å²) in [6.45, 7) is 3.74. The molecule has 4 rings (SSSR count). The Bertz CT molecular complexity index is 886. The first-order valence-corrected chi connectivity index (χ1v) is 10.3. The second kappa shape index (κ2) is 7.54. The van der Waals surface area contributed by atoms with Crippen molar-refractivity contribution in [3.8, 4) is 11.1 Å². The van der Waals surface area contributed by atoms with Gasteiger partial charge in [-0.2, -0.15) is 0 Å². The van der Waals surface area contributed by atoms with Crippen molar-refractivity contribution in [2.45, 2.75) is 57.0 Å². The summed E-state index contributed by atoms with van der Waals surface area (Å²) in [5.74, 6) is -1.05. The van der Waals surface area contributed by atoms with Gasteiger partial charge in [0.05, 0.1) is 0 Å². The molecular weight excluding hydrogens is 366 g/mol. The third-order valence-corrected chi connectivity index (χ3v) is 6.54. The fraction of sp³-hybridized carbons (Fsp3) is 0.417. The average Bonchev–Trinajstić information content (AvgIpc) is 3.28. The predicted octanol–water partition coefficient (Wildman–Crippen LogP) is 5.04. The molecule has 1 fully saturated rings. The van der Waals surface area contributed by atoms with E-state index in [2.05, 4.69) is 24.3 Å². The summed E-state index contributed by atoms with van der Waals surface area (Å²) in [5.41, 5.74) is 4.16. The molecule has 0 saturated heterocycles. The molecule has 5 heteroatoms. The van der Waals surface area contributed by atoms with Crippen molar-refractivity contribution >= 4 is 12.1 Å². The molecule has 2 aliphatic carbocycles. The number of hydrogen-bond acceptors (Lipinski definition) is 3. The molecule has 5 nitrogen and oxygen atoms in total. The molecule has 0 aromatic heterocycles.